The number of alkyl halides is 3. The maximum Gasteiger partial charge on any atom is 0.422 e. The van der Waals surface area contributed by atoms with E-state index in [0.29, 0.717) is 13.2 Å². The van der Waals surface area contributed by atoms with Crippen LogP contribution in [0.1, 0.15) is 24.1 Å². The summed E-state index contributed by atoms with van der Waals surface area (Å²) in [6.45, 7) is 1.49. The van der Waals surface area contributed by atoms with Crippen molar-refractivity contribution in [2.45, 2.75) is 25.6 Å². The van der Waals surface area contributed by atoms with E-state index in [4.69, 9.17) is 4.74 Å². The summed E-state index contributed by atoms with van der Waals surface area (Å²) in [6, 6.07) is 13.4. The maximum absolute atomic E-state index is 12.2. The van der Waals surface area contributed by atoms with Crippen molar-refractivity contribution >= 4 is 6.03 Å². The van der Waals surface area contributed by atoms with Crippen molar-refractivity contribution in [3.8, 4) is 11.5 Å². The van der Waals surface area contributed by atoms with Crippen LogP contribution >= 0.6 is 0 Å². The molecule has 0 saturated carbocycles. The zero-order valence-electron chi connectivity index (χ0n) is 16.0. The number of urea groups is 1. The number of carbonyl (C=O) groups is 1. The number of fused-ring (bicyclic) bond motifs is 1. The summed E-state index contributed by atoms with van der Waals surface area (Å²) in [4.78, 5) is 12.2. The molecule has 0 saturated heterocycles. The molecule has 2 aromatic carbocycles. The van der Waals surface area contributed by atoms with Crippen LogP contribution in [-0.2, 0) is 6.42 Å². The third-order valence-electron chi connectivity index (χ3n) is 4.64. The number of halogens is 3. The van der Waals surface area contributed by atoms with Gasteiger partial charge in [0.1, 0.15) is 11.5 Å². The van der Waals surface area contributed by atoms with Crippen LogP contribution in [0.5, 0.6) is 11.5 Å². The van der Waals surface area contributed by atoms with Gasteiger partial charge in [-0.15, -0.1) is 0 Å². The highest BCUT2D eigenvalue weighted by molar-refractivity contribution is 5.74. The lowest BCUT2D eigenvalue weighted by Gasteiger charge is -2.25. The fourth-order valence-corrected chi connectivity index (χ4v) is 3.11. The Morgan fingerprint density at radius 2 is 1.93 bits per heavy atom. The summed E-state index contributed by atoms with van der Waals surface area (Å²) in [5.74, 6) is 1.21. The predicted molar refractivity (Wildman–Crippen MR) is 102 cm³/mol. The van der Waals surface area contributed by atoms with Gasteiger partial charge in [-0.1, -0.05) is 30.3 Å². The molecule has 2 aromatic rings. The molecule has 5 nitrogen and oxygen atoms in total. The third kappa shape index (κ3) is 6.30. The van der Waals surface area contributed by atoms with E-state index in [-0.39, 0.29) is 23.7 Å². The average Bonchev–Trinajstić information content (AvgIpc) is 2.70. The van der Waals surface area contributed by atoms with Crippen LogP contribution < -0.4 is 20.1 Å². The lowest BCUT2D eigenvalue weighted by atomic mass is 9.97. The van der Waals surface area contributed by atoms with Gasteiger partial charge in [-0.05, 0) is 42.7 Å². The molecule has 0 bridgehead atoms. The molecule has 2 amide bonds. The van der Waals surface area contributed by atoms with Gasteiger partial charge in [-0.2, -0.15) is 13.2 Å². The number of hydrogen-bond donors (Lipinski definition) is 2. The number of amides is 2. The number of nitrogens with one attached hydrogen (secondary N) is 2. The fraction of sp³-hybridized carbons (Fsp3) is 0.381. The fourth-order valence-electron chi connectivity index (χ4n) is 3.11. The Hall–Kier alpha value is -2.90. The number of para-hydroxylation sites is 1. The molecular formula is C21H23F3N2O3. The second kappa shape index (κ2) is 9.07. The molecule has 29 heavy (non-hydrogen) atoms. The lowest BCUT2D eigenvalue weighted by Crippen LogP contribution is -2.41. The monoisotopic (exact) mass is 408 g/mol. The van der Waals surface area contributed by atoms with E-state index in [1.807, 2.05) is 24.3 Å². The Balaban J connectivity index is 1.43. The van der Waals surface area contributed by atoms with Gasteiger partial charge in [0.15, 0.2) is 6.61 Å². The van der Waals surface area contributed by atoms with Gasteiger partial charge in [0.05, 0.1) is 12.6 Å². The van der Waals surface area contributed by atoms with Crippen LogP contribution in [0.3, 0.4) is 0 Å². The standard InChI is InChI=1S/C21H23F3N2O3/c1-14(16-6-8-18(9-7-16)29-13-21(22,23)24)26-20(27)25-11-15-10-17-4-2-3-5-19(17)28-12-15/h2-9,14-15H,10-13H2,1H3,(H2,25,26,27). The molecule has 1 heterocycles. The number of carbonyl (C=O) groups excluding carboxylic acids is 1. The molecule has 2 unspecified atom stereocenters. The Kier molecular flexibility index (Phi) is 6.51. The topological polar surface area (TPSA) is 59.6 Å². The minimum Gasteiger partial charge on any atom is -0.493 e. The zero-order valence-corrected chi connectivity index (χ0v) is 16.0. The Morgan fingerprint density at radius 3 is 2.66 bits per heavy atom. The molecule has 156 valence electrons. The summed E-state index contributed by atoms with van der Waals surface area (Å²) in [6.07, 6.45) is -3.54. The van der Waals surface area contributed by atoms with Gasteiger partial charge in [0.25, 0.3) is 0 Å². The van der Waals surface area contributed by atoms with E-state index in [0.717, 1.165) is 23.3 Å². The van der Waals surface area contributed by atoms with Crippen molar-refractivity contribution in [3.05, 3.63) is 59.7 Å². The van der Waals surface area contributed by atoms with Crippen molar-refractivity contribution in [1.29, 1.82) is 0 Å². The van der Waals surface area contributed by atoms with E-state index < -0.39 is 12.8 Å². The number of benzene rings is 2. The largest absolute Gasteiger partial charge is 0.493 e. The smallest absolute Gasteiger partial charge is 0.422 e. The van der Waals surface area contributed by atoms with Crippen molar-refractivity contribution < 1.29 is 27.4 Å². The minimum absolute atomic E-state index is 0.125. The van der Waals surface area contributed by atoms with Crippen molar-refractivity contribution in [2.75, 3.05) is 19.8 Å². The molecule has 2 N–H and O–H groups in total. The van der Waals surface area contributed by atoms with E-state index in [9.17, 15) is 18.0 Å². The SMILES string of the molecule is CC(NC(=O)NCC1COc2ccccc2C1)c1ccc(OCC(F)(F)F)cc1. The molecule has 3 rings (SSSR count). The Labute approximate surface area is 167 Å². The highest BCUT2D eigenvalue weighted by Gasteiger charge is 2.28. The molecule has 0 radical (unpaired) electrons. The van der Waals surface area contributed by atoms with Crippen LogP contribution in [0.4, 0.5) is 18.0 Å². The van der Waals surface area contributed by atoms with E-state index in [2.05, 4.69) is 15.4 Å². The van der Waals surface area contributed by atoms with Gasteiger partial charge >= 0.3 is 12.2 Å². The molecule has 0 aromatic heterocycles. The molecule has 2 atom stereocenters. The van der Waals surface area contributed by atoms with Gasteiger partial charge in [-0.3, -0.25) is 0 Å². The molecule has 0 fully saturated rings. The number of hydrogen-bond acceptors (Lipinski definition) is 3. The van der Waals surface area contributed by atoms with Gasteiger partial charge < -0.3 is 20.1 Å². The van der Waals surface area contributed by atoms with Crippen molar-refractivity contribution in [2.24, 2.45) is 5.92 Å². The summed E-state index contributed by atoms with van der Waals surface area (Å²) in [5.41, 5.74) is 1.89. The maximum atomic E-state index is 12.2. The Morgan fingerprint density at radius 1 is 1.21 bits per heavy atom. The predicted octanol–water partition coefficient (Wildman–Crippen LogP) is 4.24. The summed E-state index contributed by atoms with van der Waals surface area (Å²) in [5, 5.41) is 5.67. The first-order valence-corrected chi connectivity index (χ1v) is 9.35. The van der Waals surface area contributed by atoms with Gasteiger partial charge in [0.2, 0.25) is 0 Å². The third-order valence-corrected chi connectivity index (χ3v) is 4.64. The molecule has 1 aliphatic rings. The van der Waals surface area contributed by atoms with Crippen LogP contribution in [0.2, 0.25) is 0 Å². The van der Waals surface area contributed by atoms with E-state index in [1.165, 1.54) is 12.1 Å². The van der Waals surface area contributed by atoms with Crippen LogP contribution in [0, 0.1) is 5.92 Å². The minimum atomic E-state index is -4.38. The highest BCUT2D eigenvalue weighted by atomic mass is 19.4. The Bertz CT molecular complexity index is 825. The first-order chi connectivity index (χ1) is 13.8. The molecule has 0 aliphatic carbocycles. The summed E-state index contributed by atoms with van der Waals surface area (Å²) >= 11 is 0. The molecule has 8 heteroatoms. The molecular weight excluding hydrogens is 385 g/mol. The van der Waals surface area contributed by atoms with Crippen LogP contribution in [0.25, 0.3) is 0 Å². The number of ether oxygens (including phenoxy) is 2. The average molecular weight is 408 g/mol. The van der Waals surface area contributed by atoms with Crippen molar-refractivity contribution in [1.82, 2.24) is 10.6 Å². The highest BCUT2D eigenvalue weighted by Crippen LogP contribution is 2.26. The second-order valence-electron chi connectivity index (χ2n) is 7.04. The van der Waals surface area contributed by atoms with Crippen LogP contribution in [-0.4, -0.2) is 32.0 Å². The van der Waals surface area contributed by atoms with Gasteiger partial charge in [0, 0.05) is 12.5 Å². The molecule has 0 spiro atoms. The van der Waals surface area contributed by atoms with Crippen molar-refractivity contribution in [3.63, 3.8) is 0 Å². The summed E-state index contributed by atoms with van der Waals surface area (Å²) < 4.78 is 47.0. The first-order valence-electron chi connectivity index (χ1n) is 9.35. The number of rotatable bonds is 6. The zero-order chi connectivity index (χ0) is 20.9. The van der Waals surface area contributed by atoms with Gasteiger partial charge in [-0.25, -0.2) is 4.79 Å². The van der Waals surface area contributed by atoms with E-state index in [1.54, 1.807) is 19.1 Å². The first kappa shape index (κ1) is 20.8. The molecule has 1 aliphatic heterocycles. The second-order valence-corrected chi connectivity index (χ2v) is 7.04. The normalized spacial score (nSPS) is 16.9. The van der Waals surface area contributed by atoms with E-state index >= 15 is 0 Å². The van der Waals surface area contributed by atoms with Crippen LogP contribution in [0.15, 0.2) is 48.5 Å². The quantitative estimate of drug-likeness (QED) is 0.752. The lowest BCUT2D eigenvalue weighted by molar-refractivity contribution is -0.153. The summed E-state index contributed by atoms with van der Waals surface area (Å²) in [7, 11) is 0.